The minimum absolute atomic E-state index is 0.980. The molecule has 0 fully saturated rings. The molecule has 5 rings (SSSR count). The first kappa shape index (κ1) is 11.2. The predicted molar refractivity (Wildman–Crippen MR) is 89.9 cm³/mol. The Morgan fingerprint density at radius 3 is 2.24 bits per heavy atom. The number of rotatable bonds is 0. The summed E-state index contributed by atoms with van der Waals surface area (Å²) in [7, 11) is 0. The molecule has 0 saturated carbocycles. The molecule has 1 heterocycles. The van der Waals surface area contributed by atoms with Crippen molar-refractivity contribution >= 4 is 55.1 Å². The van der Waals surface area contributed by atoms with Crippen LogP contribution in [0.15, 0.2) is 60.7 Å². The van der Waals surface area contributed by atoms with Crippen LogP contribution < -0.4 is 0 Å². The Morgan fingerprint density at radius 2 is 1.33 bits per heavy atom. The van der Waals surface area contributed by atoms with Gasteiger partial charge in [0, 0.05) is 5.39 Å². The standard InChI is InChI=1S/C18H10N2S/c1-2-4-14-11(3-1)5-6-12-7-8-13-9-10-15-18(20-21-19-15)17(13)16(12)14/h1-10H. The lowest BCUT2D eigenvalue weighted by Gasteiger charge is -2.08. The van der Waals surface area contributed by atoms with Crippen LogP contribution in [0, 0.1) is 0 Å². The van der Waals surface area contributed by atoms with Gasteiger partial charge in [-0.2, -0.15) is 8.75 Å². The fourth-order valence-electron chi connectivity index (χ4n) is 3.15. The van der Waals surface area contributed by atoms with Crippen LogP contribution in [0.25, 0.3) is 43.4 Å². The average molecular weight is 286 g/mol. The minimum atomic E-state index is 0.980. The lowest BCUT2D eigenvalue weighted by atomic mass is 9.96. The van der Waals surface area contributed by atoms with Crippen LogP contribution >= 0.6 is 11.7 Å². The summed E-state index contributed by atoms with van der Waals surface area (Å²) in [6, 6.07) is 21.5. The molecule has 0 radical (unpaired) electrons. The molecule has 1 aromatic heterocycles. The van der Waals surface area contributed by atoms with Crippen molar-refractivity contribution in [1.29, 1.82) is 0 Å². The number of aromatic nitrogens is 2. The van der Waals surface area contributed by atoms with Crippen molar-refractivity contribution in [2.75, 3.05) is 0 Å². The monoisotopic (exact) mass is 286 g/mol. The first-order valence-corrected chi connectivity index (χ1v) is 7.60. The second-order valence-electron chi connectivity index (χ2n) is 5.25. The molecule has 21 heavy (non-hydrogen) atoms. The highest BCUT2D eigenvalue weighted by Gasteiger charge is 2.10. The zero-order valence-electron chi connectivity index (χ0n) is 11.1. The zero-order valence-corrected chi connectivity index (χ0v) is 11.9. The van der Waals surface area contributed by atoms with Crippen LogP contribution in [-0.2, 0) is 0 Å². The number of nitrogens with zero attached hydrogens (tertiary/aromatic N) is 2. The highest BCUT2D eigenvalue weighted by molar-refractivity contribution is 7.00. The smallest absolute Gasteiger partial charge is 0.113 e. The molecule has 0 amide bonds. The zero-order chi connectivity index (χ0) is 13.8. The quantitative estimate of drug-likeness (QED) is 0.368. The van der Waals surface area contributed by atoms with E-state index < -0.39 is 0 Å². The van der Waals surface area contributed by atoms with Gasteiger partial charge in [0.2, 0.25) is 0 Å². The van der Waals surface area contributed by atoms with Gasteiger partial charge in [-0.3, -0.25) is 0 Å². The van der Waals surface area contributed by atoms with Gasteiger partial charge in [-0.25, -0.2) is 0 Å². The fraction of sp³-hybridized carbons (Fsp3) is 0. The summed E-state index contributed by atoms with van der Waals surface area (Å²) in [5.41, 5.74) is 1.99. The lowest BCUT2D eigenvalue weighted by Crippen LogP contribution is -1.83. The van der Waals surface area contributed by atoms with E-state index in [-0.39, 0.29) is 0 Å². The number of fused-ring (bicyclic) bond motifs is 7. The van der Waals surface area contributed by atoms with Crippen LogP contribution in [0.4, 0.5) is 0 Å². The highest BCUT2D eigenvalue weighted by atomic mass is 32.1. The molecule has 2 nitrogen and oxygen atoms in total. The third-order valence-corrected chi connectivity index (χ3v) is 4.66. The third-order valence-electron chi connectivity index (χ3n) is 4.11. The Kier molecular flexibility index (Phi) is 2.12. The normalized spacial score (nSPS) is 11.8. The van der Waals surface area contributed by atoms with Crippen LogP contribution in [-0.4, -0.2) is 8.75 Å². The van der Waals surface area contributed by atoms with Gasteiger partial charge in [-0.05, 0) is 33.0 Å². The van der Waals surface area contributed by atoms with Gasteiger partial charge < -0.3 is 0 Å². The molecule has 0 atom stereocenters. The van der Waals surface area contributed by atoms with E-state index in [0.717, 1.165) is 11.0 Å². The molecule has 4 aromatic carbocycles. The van der Waals surface area contributed by atoms with E-state index in [1.165, 1.54) is 44.0 Å². The maximum Gasteiger partial charge on any atom is 0.113 e. The van der Waals surface area contributed by atoms with Gasteiger partial charge in [-0.1, -0.05) is 54.6 Å². The second-order valence-corrected chi connectivity index (χ2v) is 5.77. The maximum atomic E-state index is 4.53. The van der Waals surface area contributed by atoms with E-state index in [4.69, 9.17) is 0 Å². The number of hydrogen-bond donors (Lipinski definition) is 0. The molecule has 98 valence electrons. The Hall–Kier alpha value is -2.52. The summed E-state index contributed by atoms with van der Waals surface area (Å²) < 4.78 is 8.92. The van der Waals surface area contributed by atoms with Crippen molar-refractivity contribution in [3.63, 3.8) is 0 Å². The van der Waals surface area contributed by atoms with Gasteiger partial charge in [0.25, 0.3) is 0 Å². The topological polar surface area (TPSA) is 25.8 Å². The van der Waals surface area contributed by atoms with E-state index >= 15 is 0 Å². The minimum Gasteiger partial charge on any atom is -0.173 e. The fourth-order valence-corrected chi connectivity index (χ4v) is 3.70. The SMILES string of the molecule is c1ccc2c(c1)ccc1ccc3ccc4nsnc4c3c12. The molecule has 0 N–H and O–H groups in total. The second kappa shape index (κ2) is 3.99. The molecule has 0 aliphatic carbocycles. The molecule has 0 aliphatic rings. The van der Waals surface area contributed by atoms with E-state index in [1.54, 1.807) is 0 Å². The van der Waals surface area contributed by atoms with Crippen LogP contribution in [0.5, 0.6) is 0 Å². The highest BCUT2D eigenvalue weighted by Crippen LogP contribution is 2.35. The summed E-state index contributed by atoms with van der Waals surface area (Å²) in [6.07, 6.45) is 0. The van der Waals surface area contributed by atoms with Gasteiger partial charge in [0.15, 0.2) is 0 Å². The molecule has 0 unspecified atom stereocenters. The van der Waals surface area contributed by atoms with Crippen molar-refractivity contribution in [2.45, 2.75) is 0 Å². The average Bonchev–Trinajstić information content (AvgIpc) is 3.02. The molecular weight excluding hydrogens is 276 g/mol. The molecule has 0 saturated heterocycles. The summed E-state index contributed by atoms with van der Waals surface area (Å²) in [5.74, 6) is 0. The van der Waals surface area contributed by atoms with E-state index in [1.807, 2.05) is 0 Å². The Bertz CT molecular complexity index is 1140. The summed E-state index contributed by atoms with van der Waals surface area (Å²) >= 11 is 1.28. The van der Waals surface area contributed by atoms with Crippen LogP contribution in [0.2, 0.25) is 0 Å². The summed E-state index contributed by atoms with van der Waals surface area (Å²) in [6.45, 7) is 0. The van der Waals surface area contributed by atoms with Crippen molar-refractivity contribution < 1.29 is 0 Å². The Morgan fingerprint density at radius 1 is 0.619 bits per heavy atom. The molecule has 5 aromatic rings. The number of benzene rings is 4. The molecule has 0 bridgehead atoms. The number of hydrogen-bond acceptors (Lipinski definition) is 3. The van der Waals surface area contributed by atoms with Crippen molar-refractivity contribution in [1.82, 2.24) is 8.75 Å². The largest absolute Gasteiger partial charge is 0.173 e. The van der Waals surface area contributed by atoms with Crippen LogP contribution in [0.3, 0.4) is 0 Å². The summed E-state index contributed by atoms with van der Waals surface area (Å²) in [5, 5.41) is 7.51. The van der Waals surface area contributed by atoms with Gasteiger partial charge >= 0.3 is 0 Å². The first-order chi connectivity index (χ1) is 10.4. The van der Waals surface area contributed by atoms with Crippen molar-refractivity contribution in [3.8, 4) is 0 Å². The summed E-state index contributed by atoms with van der Waals surface area (Å²) in [4.78, 5) is 0. The lowest BCUT2D eigenvalue weighted by molar-refractivity contribution is 1.68. The van der Waals surface area contributed by atoms with Gasteiger partial charge in [0.1, 0.15) is 11.0 Å². The van der Waals surface area contributed by atoms with Crippen molar-refractivity contribution in [3.05, 3.63) is 60.7 Å². The maximum absolute atomic E-state index is 4.53. The van der Waals surface area contributed by atoms with E-state index in [9.17, 15) is 0 Å². The van der Waals surface area contributed by atoms with Gasteiger partial charge in [0.05, 0.1) is 11.7 Å². The van der Waals surface area contributed by atoms with E-state index in [0.29, 0.717) is 0 Å². The first-order valence-electron chi connectivity index (χ1n) is 6.87. The Balaban J connectivity index is 2.21. The molecule has 3 heteroatoms. The molecule has 0 spiro atoms. The van der Waals surface area contributed by atoms with Gasteiger partial charge in [-0.15, -0.1) is 0 Å². The van der Waals surface area contributed by atoms with Crippen molar-refractivity contribution in [2.24, 2.45) is 0 Å². The molecule has 0 aliphatic heterocycles. The van der Waals surface area contributed by atoms with E-state index in [2.05, 4.69) is 69.4 Å². The third kappa shape index (κ3) is 1.46. The predicted octanol–water partition coefficient (Wildman–Crippen LogP) is 5.15. The molecular formula is C18H10N2S. The van der Waals surface area contributed by atoms with Crippen LogP contribution in [0.1, 0.15) is 0 Å². The Labute approximate surface area is 125 Å².